The Kier molecular flexibility index (Phi) is 3.84. The summed E-state index contributed by atoms with van der Waals surface area (Å²) >= 11 is 0. The molecule has 0 heterocycles. The number of anilines is 1. The number of rotatable bonds is 2. The standard InChI is InChI=1S/C16H25NO/c1-12-11-14(6-7-15(12)18)17-13-5-4-9-16(2,3)10-8-13/h6-7,11,13,17-18H,4-5,8-10H2,1-3H3. The first-order valence-electron chi connectivity index (χ1n) is 7.02. The zero-order chi connectivity index (χ0) is 13.2. The Morgan fingerprint density at radius 3 is 2.72 bits per heavy atom. The van der Waals surface area contributed by atoms with Crippen molar-refractivity contribution in [3.63, 3.8) is 0 Å². The predicted octanol–water partition coefficient (Wildman–Crippen LogP) is 4.47. The van der Waals surface area contributed by atoms with Crippen LogP contribution in [-0.4, -0.2) is 11.1 Å². The van der Waals surface area contributed by atoms with Gasteiger partial charge in [0, 0.05) is 11.7 Å². The van der Waals surface area contributed by atoms with Crippen LogP contribution in [0.15, 0.2) is 18.2 Å². The Labute approximate surface area is 110 Å². The summed E-state index contributed by atoms with van der Waals surface area (Å²) in [5, 5.41) is 13.2. The van der Waals surface area contributed by atoms with E-state index in [0.717, 1.165) is 11.3 Å². The van der Waals surface area contributed by atoms with Crippen LogP contribution in [0.2, 0.25) is 0 Å². The SMILES string of the molecule is Cc1cc(NC2CCCC(C)(C)CC2)ccc1O. The molecule has 2 nitrogen and oxygen atoms in total. The van der Waals surface area contributed by atoms with Gasteiger partial charge in [-0.1, -0.05) is 20.3 Å². The first-order valence-corrected chi connectivity index (χ1v) is 7.02. The van der Waals surface area contributed by atoms with E-state index >= 15 is 0 Å². The van der Waals surface area contributed by atoms with Crippen molar-refractivity contribution >= 4 is 5.69 Å². The van der Waals surface area contributed by atoms with E-state index in [1.54, 1.807) is 6.07 Å². The van der Waals surface area contributed by atoms with Crippen molar-refractivity contribution in [3.8, 4) is 5.75 Å². The van der Waals surface area contributed by atoms with Crippen LogP contribution < -0.4 is 5.32 Å². The van der Waals surface area contributed by atoms with Crippen molar-refractivity contribution in [3.05, 3.63) is 23.8 Å². The molecule has 1 aliphatic carbocycles. The van der Waals surface area contributed by atoms with Crippen molar-refractivity contribution in [1.29, 1.82) is 0 Å². The smallest absolute Gasteiger partial charge is 0.118 e. The molecule has 0 saturated heterocycles. The van der Waals surface area contributed by atoms with Crippen molar-refractivity contribution in [1.82, 2.24) is 0 Å². The normalized spacial score (nSPS) is 23.4. The monoisotopic (exact) mass is 247 g/mol. The van der Waals surface area contributed by atoms with Gasteiger partial charge in [0.1, 0.15) is 5.75 Å². The van der Waals surface area contributed by atoms with E-state index in [4.69, 9.17) is 0 Å². The van der Waals surface area contributed by atoms with Crippen LogP contribution in [-0.2, 0) is 0 Å². The Morgan fingerprint density at radius 1 is 1.22 bits per heavy atom. The summed E-state index contributed by atoms with van der Waals surface area (Å²) < 4.78 is 0. The summed E-state index contributed by atoms with van der Waals surface area (Å²) in [6.45, 7) is 6.69. The van der Waals surface area contributed by atoms with Gasteiger partial charge < -0.3 is 10.4 Å². The molecule has 0 radical (unpaired) electrons. The van der Waals surface area contributed by atoms with E-state index in [0.29, 0.717) is 17.2 Å². The zero-order valence-electron chi connectivity index (χ0n) is 11.8. The van der Waals surface area contributed by atoms with Crippen LogP contribution in [0.3, 0.4) is 0 Å². The van der Waals surface area contributed by atoms with E-state index in [1.165, 1.54) is 32.1 Å². The average Bonchev–Trinajstić information content (AvgIpc) is 2.46. The van der Waals surface area contributed by atoms with E-state index in [-0.39, 0.29) is 0 Å². The van der Waals surface area contributed by atoms with Crippen molar-refractivity contribution in [2.75, 3.05) is 5.32 Å². The first-order chi connectivity index (χ1) is 8.46. The number of benzene rings is 1. The van der Waals surface area contributed by atoms with Crippen LogP contribution in [0.5, 0.6) is 5.75 Å². The number of hydrogen-bond acceptors (Lipinski definition) is 2. The molecular formula is C16H25NO. The molecule has 18 heavy (non-hydrogen) atoms. The van der Waals surface area contributed by atoms with Crippen LogP contribution in [0.25, 0.3) is 0 Å². The molecule has 0 aromatic heterocycles. The molecular weight excluding hydrogens is 222 g/mol. The number of phenolic OH excluding ortho intramolecular Hbond substituents is 1. The van der Waals surface area contributed by atoms with Gasteiger partial charge in [-0.3, -0.25) is 0 Å². The Morgan fingerprint density at radius 2 is 2.00 bits per heavy atom. The van der Waals surface area contributed by atoms with Gasteiger partial charge in [-0.25, -0.2) is 0 Å². The maximum Gasteiger partial charge on any atom is 0.118 e. The number of aryl methyl sites for hydroxylation is 1. The Balaban J connectivity index is 1.98. The fraction of sp³-hybridized carbons (Fsp3) is 0.625. The molecule has 1 atom stereocenters. The van der Waals surface area contributed by atoms with Crippen LogP contribution in [0, 0.1) is 12.3 Å². The van der Waals surface area contributed by atoms with Gasteiger partial charge in [-0.2, -0.15) is 0 Å². The highest BCUT2D eigenvalue weighted by Gasteiger charge is 2.24. The first kappa shape index (κ1) is 13.3. The topological polar surface area (TPSA) is 32.3 Å². The third-order valence-electron chi connectivity index (χ3n) is 4.14. The molecule has 1 aliphatic rings. The van der Waals surface area contributed by atoms with Gasteiger partial charge in [-0.15, -0.1) is 0 Å². The maximum absolute atomic E-state index is 9.54. The molecule has 1 fully saturated rings. The lowest BCUT2D eigenvalue weighted by Crippen LogP contribution is -2.19. The molecule has 100 valence electrons. The van der Waals surface area contributed by atoms with Gasteiger partial charge in [0.15, 0.2) is 0 Å². The van der Waals surface area contributed by atoms with E-state index in [1.807, 2.05) is 19.1 Å². The van der Waals surface area contributed by atoms with E-state index in [2.05, 4.69) is 19.2 Å². The number of hydrogen-bond donors (Lipinski definition) is 2. The van der Waals surface area contributed by atoms with Gasteiger partial charge >= 0.3 is 0 Å². The Hall–Kier alpha value is -1.18. The van der Waals surface area contributed by atoms with Crippen molar-refractivity contribution in [2.24, 2.45) is 5.41 Å². The third kappa shape index (κ3) is 3.41. The molecule has 0 amide bonds. The summed E-state index contributed by atoms with van der Waals surface area (Å²) in [6, 6.07) is 6.36. The van der Waals surface area contributed by atoms with Gasteiger partial charge in [0.05, 0.1) is 0 Å². The molecule has 1 unspecified atom stereocenters. The Bertz CT molecular complexity index is 412. The second-order valence-corrected chi connectivity index (χ2v) is 6.44. The molecule has 2 heteroatoms. The van der Waals surface area contributed by atoms with Crippen LogP contribution in [0.4, 0.5) is 5.69 Å². The summed E-state index contributed by atoms with van der Waals surface area (Å²) in [4.78, 5) is 0. The molecule has 1 saturated carbocycles. The van der Waals surface area contributed by atoms with Crippen LogP contribution >= 0.6 is 0 Å². The maximum atomic E-state index is 9.54. The van der Waals surface area contributed by atoms with Gasteiger partial charge in [-0.05, 0) is 61.8 Å². The molecule has 0 aliphatic heterocycles. The highest BCUT2D eigenvalue weighted by atomic mass is 16.3. The second kappa shape index (κ2) is 5.21. The minimum Gasteiger partial charge on any atom is -0.508 e. The van der Waals surface area contributed by atoms with Gasteiger partial charge in [0.2, 0.25) is 0 Å². The minimum atomic E-state index is 0.377. The lowest BCUT2D eigenvalue weighted by molar-refractivity contribution is 0.313. The average molecular weight is 247 g/mol. The summed E-state index contributed by atoms with van der Waals surface area (Å²) in [5.41, 5.74) is 2.57. The molecule has 0 spiro atoms. The van der Waals surface area contributed by atoms with Gasteiger partial charge in [0.25, 0.3) is 0 Å². The largest absolute Gasteiger partial charge is 0.508 e. The molecule has 2 rings (SSSR count). The second-order valence-electron chi connectivity index (χ2n) is 6.44. The number of nitrogens with one attached hydrogen (secondary N) is 1. The van der Waals surface area contributed by atoms with Crippen molar-refractivity contribution in [2.45, 2.75) is 58.9 Å². The summed E-state index contributed by atoms with van der Waals surface area (Å²) in [7, 11) is 0. The minimum absolute atomic E-state index is 0.377. The molecule has 0 bridgehead atoms. The lowest BCUT2D eigenvalue weighted by atomic mass is 9.85. The quantitative estimate of drug-likeness (QED) is 0.597. The van der Waals surface area contributed by atoms with E-state index < -0.39 is 0 Å². The molecule has 2 N–H and O–H groups in total. The number of phenols is 1. The van der Waals surface area contributed by atoms with E-state index in [9.17, 15) is 5.11 Å². The highest BCUT2D eigenvalue weighted by molar-refractivity contribution is 5.50. The lowest BCUT2D eigenvalue weighted by Gasteiger charge is -2.22. The molecule has 1 aromatic carbocycles. The van der Waals surface area contributed by atoms with Crippen molar-refractivity contribution < 1.29 is 5.11 Å². The fourth-order valence-electron chi connectivity index (χ4n) is 2.79. The van der Waals surface area contributed by atoms with Crippen LogP contribution in [0.1, 0.15) is 51.5 Å². The zero-order valence-corrected chi connectivity index (χ0v) is 11.8. The predicted molar refractivity (Wildman–Crippen MR) is 77.1 cm³/mol. The fourth-order valence-corrected chi connectivity index (χ4v) is 2.79. The third-order valence-corrected chi connectivity index (χ3v) is 4.14. The molecule has 1 aromatic rings. The summed E-state index contributed by atoms with van der Waals surface area (Å²) in [5.74, 6) is 0.377. The highest BCUT2D eigenvalue weighted by Crippen LogP contribution is 2.34. The number of aromatic hydroxyl groups is 1. The summed E-state index contributed by atoms with van der Waals surface area (Å²) in [6.07, 6.45) is 6.43.